The molecular formula is C25H25F3N4O3. The summed E-state index contributed by atoms with van der Waals surface area (Å²) in [7, 11) is 3.27. The lowest BCUT2D eigenvalue weighted by Gasteiger charge is -2.39. The molecule has 0 saturated carbocycles. The Labute approximate surface area is 200 Å². The lowest BCUT2D eigenvalue weighted by molar-refractivity contribution is -0.135. The Morgan fingerprint density at radius 2 is 1.89 bits per heavy atom. The summed E-state index contributed by atoms with van der Waals surface area (Å²) in [6, 6.07) is 10.3. The zero-order valence-electron chi connectivity index (χ0n) is 19.3. The lowest BCUT2D eigenvalue weighted by atomic mass is 9.90. The summed E-state index contributed by atoms with van der Waals surface area (Å²) < 4.78 is 46.5. The van der Waals surface area contributed by atoms with Crippen LogP contribution in [0.25, 0.3) is 11.3 Å². The molecule has 1 saturated heterocycles. The molecule has 0 aliphatic carbocycles. The Kier molecular flexibility index (Phi) is 7.20. The first-order valence-electron chi connectivity index (χ1n) is 11.1. The standard InChI is InChI=1S/C25H25F3N4O3/c1-31(2)25(34)18-14-32(13-15-5-3-4-6-19(15)27)10-9-21(18)29-24(33)22-12-23(35-30-22)17-8-7-16(26)11-20(17)28/h3-8,11-12,18,21H,9-10,13-14H2,1-2H3,(H,29,33)/t18-,21-/m1/s1. The molecule has 35 heavy (non-hydrogen) atoms. The fourth-order valence-corrected chi connectivity index (χ4v) is 4.23. The summed E-state index contributed by atoms with van der Waals surface area (Å²) in [6.07, 6.45) is 0.460. The van der Waals surface area contributed by atoms with Crippen molar-refractivity contribution in [2.75, 3.05) is 27.2 Å². The van der Waals surface area contributed by atoms with Gasteiger partial charge in [0.25, 0.3) is 5.91 Å². The van der Waals surface area contributed by atoms with Gasteiger partial charge < -0.3 is 14.7 Å². The van der Waals surface area contributed by atoms with Gasteiger partial charge in [-0.3, -0.25) is 14.5 Å². The zero-order chi connectivity index (χ0) is 25.1. The van der Waals surface area contributed by atoms with Crippen molar-refractivity contribution < 1.29 is 27.3 Å². The first-order valence-corrected chi connectivity index (χ1v) is 11.1. The number of rotatable bonds is 6. The summed E-state index contributed by atoms with van der Waals surface area (Å²) in [5.41, 5.74) is 0.419. The first-order chi connectivity index (χ1) is 16.7. The van der Waals surface area contributed by atoms with Gasteiger partial charge in [-0.2, -0.15) is 0 Å². The molecule has 0 spiro atoms. The van der Waals surface area contributed by atoms with Gasteiger partial charge in [-0.15, -0.1) is 0 Å². The molecule has 0 bridgehead atoms. The molecule has 4 rings (SSSR count). The number of aromatic nitrogens is 1. The molecule has 184 valence electrons. The molecular weight excluding hydrogens is 461 g/mol. The van der Waals surface area contributed by atoms with Crippen molar-refractivity contribution in [3.63, 3.8) is 0 Å². The quantitative estimate of drug-likeness (QED) is 0.578. The van der Waals surface area contributed by atoms with E-state index in [1.165, 1.54) is 23.1 Å². The van der Waals surface area contributed by atoms with Crippen LogP contribution in [0.5, 0.6) is 0 Å². The third kappa shape index (κ3) is 5.54. The number of amides is 2. The fraction of sp³-hybridized carbons (Fsp3) is 0.320. The fourth-order valence-electron chi connectivity index (χ4n) is 4.23. The maximum atomic E-state index is 14.1. The predicted molar refractivity (Wildman–Crippen MR) is 122 cm³/mol. The zero-order valence-corrected chi connectivity index (χ0v) is 19.3. The molecule has 1 aliphatic heterocycles. The van der Waals surface area contributed by atoms with Gasteiger partial charge in [-0.25, -0.2) is 13.2 Å². The minimum absolute atomic E-state index is 0.0201. The summed E-state index contributed by atoms with van der Waals surface area (Å²) in [6.45, 7) is 1.23. The Hall–Kier alpha value is -3.66. The summed E-state index contributed by atoms with van der Waals surface area (Å²) in [5.74, 6) is -3.20. The van der Waals surface area contributed by atoms with Crippen molar-refractivity contribution in [1.82, 2.24) is 20.3 Å². The van der Waals surface area contributed by atoms with Gasteiger partial charge in [-0.1, -0.05) is 23.4 Å². The van der Waals surface area contributed by atoms with E-state index in [2.05, 4.69) is 10.5 Å². The Morgan fingerprint density at radius 3 is 2.60 bits per heavy atom. The Morgan fingerprint density at radius 1 is 1.11 bits per heavy atom. The van der Waals surface area contributed by atoms with Crippen molar-refractivity contribution in [2.45, 2.75) is 19.0 Å². The van der Waals surface area contributed by atoms with Gasteiger partial charge in [-0.05, 0) is 24.6 Å². The van der Waals surface area contributed by atoms with E-state index in [-0.39, 0.29) is 28.7 Å². The maximum Gasteiger partial charge on any atom is 0.273 e. The van der Waals surface area contributed by atoms with Crippen molar-refractivity contribution in [1.29, 1.82) is 0 Å². The van der Waals surface area contributed by atoms with Crippen molar-refractivity contribution in [2.24, 2.45) is 5.92 Å². The van der Waals surface area contributed by atoms with Gasteiger partial charge in [0.1, 0.15) is 17.5 Å². The van der Waals surface area contributed by atoms with E-state index in [0.29, 0.717) is 37.7 Å². The van der Waals surface area contributed by atoms with Crippen molar-refractivity contribution in [3.8, 4) is 11.3 Å². The highest BCUT2D eigenvalue weighted by molar-refractivity contribution is 5.94. The molecule has 1 fully saturated rings. The number of piperidine rings is 1. The number of hydrogen-bond donors (Lipinski definition) is 1. The van der Waals surface area contributed by atoms with Crippen LogP contribution in [-0.2, 0) is 11.3 Å². The Balaban J connectivity index is 1.47. The maximum absolute atomic E-state index is 14.1. The van der Waals surface area contributed by atoms with Gasteiger partial charge in [0.2, 0.25) is 5.91 Å². The van der Waals surface area contributed by atoms with E-state index in [1.54, 1.807) is 32.3 Å². The number of nitrogens with one attached hydrogen (secondary N) is 1. The summed E-state index contributed by atoms with van der Waals surface area (Å²) in [5, 5.41) is 6.55. The molecule has 3 aromatic rings. The van der Waals surface area contributed by atoms with Gasteiger partial charge >= 0.3 is 0 Å². The average molecular weight is 486 g/mol. The minimum atomic E-state index is -0.841. The number of likely N-dealkylation sites (tertiary alicyclic amines) is 1. The molecule has 2 heterocycles. The number of halogens is 3. The molecule has 0 radical (unpaired) electrons. The number of nitrogens with zero attached hydrogens (tertiary/aromatic N) is 3. The van der Waals surface area contributed by atoms with Gasteiger partial charge in [0, 0.05) is 57.5 Å². The van der Waals surface area contributed by atoms with Crippen LogP contribution in [0.4, 0.5) is 13.2 Å². The molecule has 10 heteroatoms. The molecule has 2 amide bonds. The number of carbonyl (C=O) groups excluding carboxylic acids is 2. The highest BCUT2D eigenvalue weighted by atomic mass is 19.1. The average Bonchev–Trinajstić information content (AvgIpc) is 3.31. The SMILES string of the molecule is CN(C)C(=O)[C@@H]1CN(Cc2ccccc2F)CC[C@H]1NC(=O)c1cc(-c2ccc(F)cc2F)on1. The van der Waals surface area contributed by atoms with Gasteiger partial charge in [0.05, 0.1) is 11.5 Å². The number of hydrogen-bond acceptors (Lipinski definition) is 5. The van der Waals surface area contributed by atoms with E-state index in [0.717, 1.165) is 6.07 Å². The minimum Gasteiger partial charge on any atom is -0.355 e. The second-order valence-corrected chi connectivity index (χ2v) is 8.73. The number of carbonyl (C=O) groups is 2. The molecule has 2 atom stereocenters. The first kappa shape index (κ1) is 24.5. The summed E-state index contributed by atoms with van der Waals surface area (Å²) >= 11 is 0. The van der Waals surface area contributed by atoms with Crippen LogP contribution >= 0.6 is 0 Å². The molecule has 7 nitrogen and oxygen atoms in total. The lowest BCUT2D eigenvalue weighted by Crippen LogP contribution is -2.55. The monoisotopic (exact) mass is 486 g/mol. The van der Waals surface area contributed by atoms with E-state index in [1.807, 2.05) is 4.90 Å². The highest BCUT2D eigenvalue weighted by Gasteiger charge is 2.36. The topological polar surface area (TPSA) is 78.7 Å². The third-order valence-corrected chi connectivity index (χ3v) is 6.06. The van der Waals surface area contributed by atoms with E-state index in [9.17, 15) is 22.8 Å². The largest absolute Gasteiger partial charge is 0.355 e. The highest BCUT2D eigenvalue weighted by Crippen LogP contribution is 2.25. The van der Waals surface area contributed by atoms with Gasteiger partial charge in [0.15, 0.2) is 11.5 Å². The molecule has 0 unspecified atom stereocenters. The van der Waals surface area contributed by atoms with Crippen LogP contribution < -0.4 is 5.32 Å². The number of benzene rings is 2. The van der Waals surface area contributed by atoms with E-state index in [4.69, 9.17) is 4.52 Å². The van der Waals surface area contributed by atoms with Crippen LogP contribution in [0.15, 0.2) is 53.1 Å². The van der Waals surface area contributed by atoms with E-state index >= 15 is 0 Å². The van der Waals surface area contributed by atoms with Crippen LogP contribution in [0.2, 0.25) is 0 Å². The van der Waals surface area contributed by atoms with E-state index < -0.39 is 29.5 Å². The van der Waals surface area contributed by atoms with Crippen LogP contribution in [-0.4, -0.2) is 60.0 Å². The normalized spacial score (nSPS) is 18.3. The second kappa shape index (κ2) is 10.3. The van der Waals surface area contributed by atoms with Crippen LogP contribution in [0.3, 0.4) is 0 Å². The molecule has 1 aromatic heterocycles. The second-order valence-electron chi connectivity index (χ2n) is 8.73. The molecule has 1 aliphatic rings. The summed E-state index contributed by atoms with van der Waals surface area (Å²) in [4.78, 5) is 29.2. The van der Waals surface area contributed by atoms with Crippen LogP contribution in [0, 0.1) is 23.4 Å². The molecule has 1 N–H and O–H groups in total. The van der Waals surface area contributed by atoms with Crippen molar-refractivity contribution >= 4 is 11.8 Å². The smallest absolute Gasteiger partial charge is 0.273 e. The third-order valence-electron chi connectivity index (χ3n) is 6.06. The van der Waals surface area contributed by atoms with Crippen molar-refractivity contribution in [3.05, 3.63) is 77.2 Å². The predicted octanol–water partition coefficient (Wildman–Crippen LogP) is 3.47. The molecule has 2 aromatic carbocycles. The Bertz CT molecular complexity index is 1230. The van der Waals surface area contributed by atoms with Crippen LogP contribution in [0.1, 0.15) is 22.5 Å².